The Labute approximate surface area is 135 Å². The second-order valence-corrected chi connectivity index (χ2v) is 7.66. The molecule has 0 radical (unpaired) electrons. The first-order valence-electron chi connectivity index (χ1n) is 7.10. The quantitative estimate of drug-likeness (QED) is 0.602. The molecule has 0 saturated carbocycles. The number of halogens is 3. The standard InChI is InChI=1S/C13H13F3N2O5S/c14-13(15,16)24(21,22)10-3-4-11(12(5-10)18(19)20)17-6-8-1-2-9(7-17)23-8/h3-5,8-9H,1-2,6-7H2. The lowest BCUT2D eigenvalue weighted by Crippen LogP contribution is -2.42. The van der Waals surface area contributed by atoms with Gasteiger partial charge in [0.2, 0.25) is 0 Å². The van der Waals surface area contributed by atoms with Crippen LogP contribution in [0.4, 0.5) is 24.5 Å². The van der Waals surface area contributed by atoms with Gasteiger partial charge in [0.15, 0.2) is 0 Å². The number of ether oxygens (including phenoxy) is 1. The lowest BCUT2D eigenvalue weighted by molar-refractivity contribution is -0.384. The van der Waals surface area contributed by atoms with Crippen LogP contribution in [-0.4, -0.2) is 44.1 Å². The zero-order valence-corrected chi connectivity index (χ0v) is 13.0. The zero-order valence-electron chi connectivity index (χ0n) is 12.2. The molecular formula is C13H13F3N2O5S. The van der Waals surface area contributed by atoms with E-state index in [4.69, 9.17) is 4.74 Å². The predicted molar refractivity (Wildman–Crippen MR) is 76.4 cm³/mol. The number of hydrogen-bond acceptors (Lipinski definition) is 6. The number of benzene rings is 1. The average Bonchev–Trinajstić information content (AvgIpc) is 2.83. The molecule has 0 spiro atoms. The minimum Gasteiger partial charge on any atom is -0.371 e. The SMILES string of the molecule is O=[N+]([O-])c1cc(S(=O)(=O)C(F)(F)F)ccc1N1CC2CCC(C1)O2. The largest absolute Gasteiger partial charge is 0.501 e. The van der Waals surface area contributed by atoms with E-state index in [9.17, 15) is 31.7 Å². The van der Waals surface area contributed by atoms with Gasteiger partial charge in [-0.05, 0) is 25.0 Å². The van der Waals surface area contributed by atoms with E-state index >= 15 is 0 Å². The van der Waals surface area contributed by atoms with Crippen molar-refractivity contribution in [1.82, 2.24) is 0 Å². The van der Waals surface area contributed by atoms with Crippen molar-refractivity contribution in [3.63, 3.8) is 0 Å². The van der Waals surface area contributed by atoms with Gasteiger partial charge in [-0.2, -0.15) is 13.2 Å². The molecule has 2 heterocycles. The molecular weight excluding hydrogens is 353 g/mol. The highest BCUT2D eigenvalue weighted by Gasteiger charge is 2.47. The lowest BCUT2D eigenvalue weighted by Gasteiger charge is -2.33. The fourth-order valence-electron chi connectivity index (χ4n) is 3.03. The topological polar surface area (TPSA) is 89.8 Å². The van der Waals surface area contributed by atoms with Gasteiger partial charge in [-0.1, -0.05) is 0 Å². The highest BCUT2D eigenvalue weighted by Crippen LogP contribution is 2.38. The molecule has 2 unspecified atom stereocenters. The Bertz CT molecular complexity index is 768. The summed E-state index contributed by atoms with van der Waals surface area (Å²) in [6, 6.07) is 2.28. The smallest absolute Gasteiger partial charge is 0.371 e. The Morgan fingerprint density at radius 1 is 1.21 bits per heavy atom. The minimum atomic E-state index is -5.64. The third kappa shape index (κ3) is 2.81. The van der Waals surface area contributed by atoms with Gasteiger partial charge in [0, 0.05) is 19.2 Å². The number of fused-ring (bicyclic) bond motifs is 2. The molecule has 1 aromatic rings. The van der Waals surface area contributed by atoms with Gasteiger partial charge in [0.1, 0.15) is 5.69 Å². The second-order valence-electron chi connectivity index (χ2n) is 5.72. The normalized spacial score (nSPS) is 24.2. The minimum absolute atomic E-state index is 0.0815. The van der Waals surface area contributed by atoms with E-state index < -0.39 is 30.9 Å². The fraction of sp³-hybridized carbons (Fsp3) is 0.538. The lowest BCUT2D eigenvalue weighted by atomic mass is 10.2. The van der Waals surface area contributed by atoms with Crippen molar-refractivity contribution in [2.75, 3.05) is 18.0 Å². The van der Waals surface area contributed by atoms with Crippen LogP contribution in [-0.2, 0) is 14.6 Å². The van der Waals surface area contributed by atoms with E-state index in [0.717, 1.165) is 25.0 Å². The molecule has 2 bridgehead atoms. The van der Waals surface area contributed by atoms with Crippen LogP contribution in [0.2, 0.25) is 0 Å². The number of anilines is 1. The van der Waals surface area contributed by atoms with Crippen LogP contribution in [0.5, 0.6) is 0 Å². The van der Waals surface area contributed by atoms with Gasteiger partial charge < -0.3 is 9.64 Å². The van der Waals surface area contributed by atoms with Crippen molar-refractivity contribution in [2.45, 2.75) is 35.5 Å². The highest BCUT2D eigenvalue weighted by atomic mass is 32.2. The monoisotopic (exact) mass is 366 g/mol. The predicted octanol–water partition coefficient (Wildman–Crippen LogP) is 2.26. The summed E-state index contributed by atoms with van der Waals surface area (Å²) in [6.45, 7) is 0.755. The number of nitro groups is 1. The molecule has 0 amide bonds. The maximum atomic E-state index is 12.6. The molecule has 2 aliphatic rings. The fourth-order valence-corrected chi connectivity index (χ4v) is 3.81. The molecule has 2 fully saturated rings. The van der Waals surface area contributed by atoms with Crippen LogP contribution in [0.1, 0.15) is 12.8 Å². The Hall–Kier alpha value is -1.88. The van der Waals surface area contributed by atoms with Crippen LogP contribution in [0.15, 0.2) is 23.1 Å². The van der Waals surface area contributed by atoms with Gasteiger partial charge in [-0.3, -0.25) is 10.1 Å². The van der Waals surface area contributed by atoms with Crippen LogP contribution >= 0.6 is 0 Å². The summed E-state index contributed by atoms with van der Waals surface area (Å²) in [7, 11) is -5.64. The third-order valence-corrected chi connectivity index (χ3v) is 5.63. The number of hydrogen-bond donors (Lipinski definition) is 0. The summed E-state index contributed by atoms with van der Waals surface area (Å²) in [6.07, 6.45) is 1.47. The van der Waals surface area contributed by atoms with Crippen molar-refractivity contribution in [1.29, 1.82) is 0 Å². The number of nitro benzene ring substituents is 1. The van der Waals surface area contributed by atoms with E-state index in [2.05, 4.69) is 0 Å². The molecule has 11 heteroatoms. The summed E-state index contributed by atoms with van der Waals surface area (Å²) in [5.74, 6) is 0. The van der Waals surface area contributed by atoms with Crippen molar-refractivity contribution in [2.24, 2.45) is 0 Å². The molecule has 2 atom stereocenters. The summed E-state index contributed by atoms with van der Waals surface area (Å²) >= 11 is 0. The van der Waals surface area contributed by atoms with E-state index in [-0.39, 0.29) is 17.9 Å². The summed E-state index contributed by atoms with van der Waals surface area (Å²) in [5, 5.41) is 11.2. The van der Waals surface area contributed by atoms with E-state index in [0.29, 0.717) is 19.2 Å². The first-order valence-corrected chi connectivity index (χ1v) is 8.58. The van der Waals surface area contributed by atoms with Crippen LogP contribution < -0.4 is 4.90 Å². The molecule has 0 aromatic heterocycles. The van der Waals surface area contributed by atoms with E-state index in [1.54, 1.807) is 4.90 Å². The number of nitrogens with zero attached hydrogens (tertiary/aromatic N) is 2. The van der Waals surface area contributed by atoms with E-state index in [1.807, 2.05) is 0 Å². The summed E-state index contributed by atoms with van der Waals surface area (Å²) in [5.41, 5.74) is -6.08. The molecule has 0 N–H and O–H groups in total. The number of morpholine rings is 1. The van der Waals surface area contributed by atoms with Crippen LogP contribution in [0, 0.1) is 10.1 Å². The third-order valence-electron chi connectivity index (χ3n) is 4.14. The molecule has 2 saturated heterocycles. The van der Waals surface area contributed by atoms with Gasteiger partial charge in [-0.25, -0.2) is 8.42 Å². The van der Waals surface area contributed by atoms with Crippen LogP contribution in [0.25, 0.3) is 0 Å². The second kappa shape index (κ2) is 5.59. The van der Waals surface area contributed by atoms with Gasteiger partial charge in [0.25, 0.3) is 15.5 Å². The van der Waals surface area contributed by atoms with Gasteiger partial charge >= 0.3 is 5.51 Å². The van der Waals surface area contributed by atoms with Crippen LogP contribution in [0.3, 0.4) is 0 Å². The number of rotatable bonds is 3. The Morgan fingerprint density at radius 3 is 2.29 bits per heavy atom. The Kier molecular flexibility index (Phi) is 3.95. The van der Waals surface area contributed by atoms with Gasteiger partial charge in [-0.15, -0.1) is 0 Å². The molecule has 2 aliphatic heterocycles. The molecule has 7 nitrogen and oxygen atoms in total. The van der Waals surface area contributed by atoms with Crippen molar-refractivity contribution in [3.05, 3.63) is 28.3 Å². The molecule has 132 valence electrons. The molecule has 0 aliphatic carbocycles. The first-order chi connectivity index (χ1) is 11.1. The Balaban J connectivity index is 2.02. The maximum Gasteiger partial charge on any atom is 0.501 e. The summed E-state index contributed by atoms with van der Waals surface area (Å²) < 4.78 is 66.4. The molecule has 1 aromatic carbocycles. The summed E-state index contributed by atoms with van der Waals surface area (Å²) in [4.78, 5) is 10.9. The average molecular weight is 366 g/mol. The Morgan fingerprint density at radius 2 is 1.79 bits per heavy atom. The number of alkyl halides is 3. The van der Waals surface area contributed by atoms with Crippen molar-refractivity contribution < 1.29 is 31.2 Å². The maximum absolute atomic E-state index is 12.6. The molecule has 3 rings (SSSR count). The van der Waals surface area contributed by atoms with Gasteiger partial charge in [0.05, 0.1) is 22.0 Å². The highest BCUT2D eigenvalue weighted by molar-refractivity contribution is 7.92. The first kappa shape index (κ1) is 17.0. The van der Waals surface area contributed by atoms with Crippen molar-refractivity contribution >= 4 is 21.2 Å². The zero-order chi connectivity index (χ0) is 17.7. The van der Waals surface area contributed by atoms with E-state index in [1.165, 1.54) is 0 Å². The van der Waals surface area contributed by atoms with Crippen molar-refractivity contribution in [3.8, 4) is 0 Å². The molecule has 24 heavy (non-hydrogen) atoms. The number of sulfone groups is 1.